The van der Waals surface area contributed by atoms with Crippen LogP contribution in [0.2, 0.25) is 0 Å². The Labute approximate surface area is 161 Å². The summed E-state index contributed by atoms with van der Waals surface area (Å²) >= 11 is 0. The third kappa shape index (κ3) is 4.93. The summed E-state index contributed by atoms with van der Waals surface area (Å²) in [5.41, 5.74) is 6.96. The predicted octanol–water partition coefficient (Wildman–Crippen LogP) is 3.11. The molecule has 0 spiro atoms. The van der Waals surface area contributed by atoms with Gasteiger partial charge in [-0.1, -0.05) is 12.1 Å². The van der Waals surface area contributed by atoms with Gasteiger partial charge >= 0.3 is 0 Å². The van der Waals surface area contributed by atoms with Crippen molar-refractivity contribution < 1.29 is 0 Å². The molecule has 0 unspecified atom stereocenters. The Bertz CT molecular complexity index is 842. The van der Waals surface area contributed by atoms with E-state index in [-0.39, 0.29) is 0 Å². The van der Waals surface area contributed by atoms with Crippen LogP contribution in [0.3, 0.4) is 0 Å². The van der Waals surface area contributed by atoms with Crippen LogP contribution >= 0.6 is 0 Å². The topological polar surface area (TPSA) is 78.0 Å². The maximum atomic E-state index is 5.72. The zero-order valence-corrected chi connectivity index (χ0v) is 16.3. The minimum absolute atomic E-state index is 0.728. The van der Waals surface area contributed by atoms with Gasteiger partial charge in [0.05, 0.1) is 5.71 Å². The number of rotatable bonds is 5. The monoisotopic (exact) mass is 364 g/mol. The molecule has 0 saturated heterocycles. The van der Waals surface area contributed by atoms with Gasteiger partial charge in [0.2, 0.25) is 0 Å². The molecule has 2 aliphatic heterocycles. The lowest BCUT2D eigenvalue weighted by atomic mass is 10.0. The molecule has 0 radical (unpaired) electrons. The van der Waals surface area contributed by atoms with E-state index in [1.54, 1.807) is 11.2 Å². The number of fused-ring (bicyclic) bond motifs is 1. The molecule has 0 aliphatic carbocycles. The third-order valence-electron chi connectivity index (χ3n) is 4.62. The Balaban J connectivity index is 1.76. The summed E-state index contributed by atoms with van der Waals surface area (Å²) in [6, 6.07) is 6.52. The molecule has 0 atom stereocenters. The van der Waals surface area contributed by atoms with Crippen LogP contribution in [0.4, 0.5) is 5.69 Å². The number of amidine groups is 1. The standard InChI is InChI=1S/C21H28N6/c1-4-8-24-21(20-11-17(13-25-20)15(2)14-27(3)22)26-19-6-5-16-7-9-23-12-18(16)10-19/h4-6,8,10,13-14,23H,7,9,11-12,22H2,1-3H3,(H,24,26)/b8-4-,15-14+. The van der Waals surface area contributed by atoms with Gasteiger partial charge in [-0.25, -0.2) is 10.8 Å². The van der Waals surface area contributed by atoms with Crippen LogP contribution in [-0.2, 0) is 13.0 Å². The molecule has 6 heteroatoms. The zero-order chi connectivity index (χ0) is 19.2. The molecule has 3 rings (SSSR count). The number of aliphatic imine (C=N–C) groups is 2. The van der Waals surface area contributed by atoms with Crippen LogP contribution in [0, 0.1) is 0 Å². The minimum Gasteiger partial charge on any atom is -0.339 e. The van der Waals surface area contributed by atoms with Crippen LogP contribution < -0.4 is 16.5 Å². The van der Waals surface area contributed by atoms with Crippen molar-refractivity contribution >= 4 is 17.2 Å². The average molecular weight is 364 g/mol. The second kappa shape index (κ2) is 8.79. The second-order valence-electron chi connectivity index (χ2n) is 6.88. The Morgan fingerprint density at radius 2 is 2.22 bits per heavy atom. The van der Waals surface area contributed by atoms with Crippen molar-refractivity contribution in [1.82, 2.24) is 10.3 Å². The van der Waals surface area contributed by atoms with E-state index >= 15 is 0 Å². The summed E-state index contributed by atoms with van der Waals surface area (Å²) in [6.45, 7) is 5.95. The van der Waals surface area contributed by atoms with Crippen molar-refractivity contribution in [1.29, 1.82) is 0 Å². The molecular weight excluding hydrogens is 336 g/mol. The maximum absolute atomic E-state index is 5.72. The quantitative estimate of drug-likeness (QED) is 0.325. The van der Waals surface area contributed by atoms with Crippen LogP contribution in [0.25, 0.3) is 0 Å². The third-order valence-corrected chi connectivity index (χ3v) is 4.62. The van der Waals surface area contributed by atoms with E-state index in [0.29, 0.717) is 0 Å². The van der Waals surface area contributed by atoms with Gasteiger partial charge in [-0.2, -0.15) is 0 Å². The summed E-state index contributed by atoms with van der Waals surface area (Å²) in [5, 5.41) is 8.44. The van der Waals surface area contributed by atoms with Crippen LogP contribution in [-0.4, -0.2) is 30.1 Å². The Morgan fingerprint density at radius 3 is 3.00 bits per heavy atom. The lowest BCUT2D eigenvalue weighted by Gasteiger charge is -2.19. The average Bonchev–Trinajstić information content (AvgIpc) is 3.14. The number of hydrogen-bond donors (Lipinski definition) is 3. The first-order chi connectivity index (χ1) is 13.1. The van der Waals surface area contributed by atoms with Gasteiger partial charge in [-0.3, -0.25) is 4.99 Å². The van der Waals surface area contributed by atoms with Crippen molar-refractivity contribution in [2.45, 2.75) is 33.2 Å². The Kier molecular flexibility index (Phi) is 6.21. The molecule has 0 bridgehead atoms. The molecule has 2 aliphatic rings. The summed E-state index contributed by atoms with van der Waals surface area (Å²) in [5.74, 6) is 6.50. The van der Waals surface area contributed by atoms with E-state index in [4.69, 9.17) is 5.84 Å². The van der Waals surface area contributed by atoms with Crippen LogP contribution in [0.5, 0.6) is 0 Å². The van der Waals surface area contributed by atoms with E-state index in [1.807, 2.05) is 39.4 Å². The zero-order valence-electron chi connectivity index (χ0n) is 16.3. The van der Waals surface area contributed by atoms with E-state index in [0.717, 1.165) is 54.3 Å². The van der Waals surface area contributed by atoms with Gasteiger partial charge in [-0.15, -0.1) is 0 Å². The number of allylic oxidation sites excluding steroid dienone is 3. The first-order valence-corrected chi connectivity index (χ1v) is 9.27. The highest BCUT2D eigenvalue weighted by Crippen LogP contribution is 2.23. The highest BCUT2D eigenvalue weighted by Gasteiger charge is 2.18. The van der Waals surface area contributed by atoms with Crippen molar-refractivity contribution in [3.63, 3.8) is 0 Å². The lowest BCUT2D eigenvalue weighted by Crippen LogP contribution is -2.25. The second-order valence-corrected chi connectivity index (χ2v) is 6.88. The largest absolute Gasteiger partial charge is 0.339 e. The van der Waals surface area contributed by atoms with Gasteiger partial charge in [-0.05, 0) is 61.2 Å². The minimum atomic E-state index is 0.728. The first-order valence-electron chi connectivity index (χ1n) is 9.27. The van der Waals surface area contributed by atoms with Gasteiger partial charge < -0.3 is 15.6 Å². The fraction of sp³-hybridized carbons (Fsp3) is 0.333. The van der Waals surface area contributed by atoms with E-state index in [9.17, 15) is 0 Å². The van der Waals surface area contributed by atoms with Gasteiger partial charge in [0, 0.05) is 44.3 Å². The molecule has 6 nitrogen and oxygen atoms in total. The van der Waals surface area contributed by atoms with E-state index in [2.05, 4.69) is 38.8 Å². The normalized spacial score (nSPS) is 17.6. The predicted molar refractivity (Wildman–Crippen MR) is 114 cm³/mol. The molecule has 0 aromatic heterocycles. The molecule has 1 aromatic rings. The molecule has 0 amide bonds. The van der Waals surface area contributed by atoms with Crippen LogP contribution in [0.15, 0.2) is 64.0 Å². The number of benzene rings is 1. The Morgan fingerprint density at radius 1 is 1.37 bits per heavy atom. The van der Waals surface area contributed by atoms with Gasteiger partial charge in [0.25, 0.3) is 0 Å². The highest BCUT2D eigenvalue weighted by molar-refractivity contribution is 6.46. The van der Waals surface area contributed by atoms with E-state index in [1.165, 1.54) is 11.1 Å². The number of hydrazine groups is 1. The molecule has 4 N–H and O–H groups in total. The van der Waals surface area contributed by atoms with Crippen molar-refractivity contribution in [3.8, 4) is 0 Å². The molecule has 0 saturated carbocycles. The van der Waals surface area contributed by atoms with Gasteiger partial charge in [0.1, 0.15) is 0 Å². The first kappa shape index (κ1) is 19.1. The highest BCUT2D eigenvalue weighted by atomic mass is 15.4. The van der Waals surface area contributed by atoms with Gasteiger partial charge in [0.15, 0.2) is 5.84 Å². The fourth-order valence-corrected chi connectivity index (χ4v) is 3.22. The SMILES string of the molecule is C/C=C\N=C(Nc1ccc2c(c1)CNCC2)C1=NC=C(/C(C)=C/N(C)N)C1. The number of nitrogens with two attached hydrogens (primary N) is 1. The number of nitrogens with one attached hydrogen (secondary N) is 2. The lowest BCUT2D eigenvalue weighted by molar-refractivity contribution is 0.481. The summed E-state index contributed by atoms with van der Waals surface area (Å²) in [7, 11) is 1.81. The van der Waals surface area contributed by atoms with E-state index < -0.39 is 0 Å². The number of hydrogen-bond acceptors (Lipinski definition) is 5. The molecule has 1 aromatic carbocycles. The molecule has 27 heavy (non-hydrogen) atoms. The molecule has 142 valence electrons. The summed E-state index contributed by atoms with van der Waals surface area (Å²) in [4.78, 5) is 9.17. The molecule has 0 fully saturated rings. The fourth-order valence-electron chi connectivity index (χ4n) is 3.22. The Hall–Kier alpha value is -2.70. The molecular formula is C21H28N6. The summed E-state index contributed by atoms with van der Waals surface area (Å²) in [6.07, 6.45) is 9.31. The summed E-state index contributed by atoms with van der Waals surface area (Å²) < 4.78 is 0. The number of nitrogens with zero attached hydrogens (tertiary/aromatic N) is 3. The van der Waals surface area contributed by atoms with Crippen molar-refractivity contribution in [2.75, 3.05) is 18.9 Å². The molecule has 2 heterocycles. The smallest absolute Gasteiger partial charge is 0.152 e. The van der Waals surface area contributed by atoms with Crippen molar-refractivity contribution in [2.24, 2.45) is 15.8 Å². The van der Waals surface area contributed by atoms with Crippen molar-refractivity contribution in [3.05, 3.63) is 65.1 Å². The maximum Gasteiger partial charge on any atom is 0.152 e. The number of anilines is 1. The van der Waals surface area contributed by atoms with Crippen LogP contribution in [0.1, 0.15) is 31.4 Å².